The molecule has 0 radical (unpaired) electrons. The van der Waals surface area contributed by atoms with Gasteiger partial charge in [-0.1, -0.05) is 0 Å². The molecule has 0 saturated heterocycles. The Bertz CT molecular complexity index is 246. The van der Waals surface area contributed by atoms with Gasteiger partial charge in [0.05, 0.1) is 0 Å². The van der Waals surface area contributed by atoms with Gasteiger partial charge in [0, 0.05) is 5.57 Å². The largest absolute Gasteiger partial charge is 0.478 e. The van der Waals surface area contributed by atoms with E-state index >= 15 is 0 Å². The molecule has 0 aliphatic heterocycles. The van der Waals surface area contributed by atoms with Gasteiger partial charge in [-0.25, -0.2) is 4.79 Å². The number of hydrogen-bond donors (Lipinski definition) is 1. The van der Waals surface area contributed by atoms with E-state index in [0.29, 0.717) is 5.31 Å². The zero-order valence-corrected chi connectivity index (χ0v) is 8.11. The Kier molecular flexibility index (Phi) is 3.06. The third kappa shape index (κ3) is 2.89. The first-order valence-electron chi connectivity index (χ1n) is 3.23. The highest BCUT2D eigenvalue weighted by Crippen LogP contribution is 2.47. The molecule has 0 spiro atoms. The summed E-state index contributed by atoms with van der Waals surface area (Å²) in [6.45, 7) is 6.20. The van der Waals surface area contributed by atoms with Gasteiger partial charge in [-0.05, 0) is 32.5 Å². The summed E-state index contributed by atoms with van der Waals surface area (Å²) in [6, 6.07) is 0. The molecule has 64 valence electrons. The van der Waals surface area contributed by atoms with Crippen LogP contribution in [0.5, 0.6) is 0 Å². The van der Waals surface area contributed by atoms with Crippen molar-refractivity contribution < 1.29 is 14.5 Å². The highest BCUT2D eigenvalue weighted by molar-refractivity contribution is 7.66. The van der Waals surface area contributed by atoms with Crippen LogP contribution in [0.25, 0.3) is 0 Å². The molecule has 0 amide bonds. The van der Waals surface area contributed by atoms with Gasteiger partial charge in [0.1, 0.15) is 7.14 Å². The summed E-state index contributed by atoms with van der Waals surface area (Å²) in [5, 5.41) is 9.03. The van der Waals surface area contributed by atoms with Crippen molar-refractivity contribution in [2.75, 3.05) is 13.3 Å². The minimum Gasteiger partial charge on any atom is -0.478 e. The van der Waals surface area contributed by atoms with Gasteiger partial charge in [-0.2, -0.15) is 0 Å². The van der Waals surface area contributed by atoms with Gasteiger partial charge >= 0.3 is 5.97 Å². The molecular formula is C7H13O3P. The molecule has 0 aromatic carbocycles. The fraction of sp³-hybridized carbons (Fsp3) is 0.571. The maximum atomic E-state index is 11.3. The fourth-order valence-corrected chi connectivity index (χ4v) is 1.46. The van der Waals surface area contributed by atoms with Crippen LogP contribution in [0.3, 0.4) is 0 Å². The molecule has 0 aliphatic rings. The van der Waals surface area contributed by atoms with E-state index in [-0.39, 0.29) is 5.57 Å². The van der Waals surface area contributed by atoms with Crippen molar-refractivity contribution in [2.45, 2.75) is 13.8 Å². The molecule has 0 aromatic heterocycles. The van der Waals surface area contributed by atoms with Crippen molar-refractivity contribution in [1.82, 2.24) is 0 Å². The number of carboxylic acid groups (broad SMARTS) is 1. The van der Waals surface area contributed by atoms with Crippen molar-refractivity contribution in [3.8, 4) is 0 Å². The second-order valence-corrected chi connectivity index (χ2v) is 6.24. The quantitative estimate of drug-likeness (QED) is 0.517. The number of hydrogen-bond acceptors (Lipinski definition) is 2. The monoisotopic (exact) mass is 176 g/mol. The van der Waals surface area contributed by atoms with E-state index in [0.717, 1.165) is 0 Å². The minimum absolute atomic E-state index is 0.193. The number of rotatable bonds is 2. The Hall–Kier alpha value is -0.560. The smallest absolute Gasteiger partial charge is 0.331 e. The standard InChI is InChI=1S/C7H13O3P/c1-5(7(8)9)6(2)11(3,4)10/h1-4H3,(H,8,9). The van der Waals surface area contributed by atoms with Crippen molar-refractivity contribution in [1.29, 1.82) is 0 Å². The van der Waals surface area contributed by atoms with E-state index < -0.39 is 13.1 Å². The molecule has 0 aliphatic carbocycles. The number of carboxylic acids is 1. The number of allylic oxidation sites excluding steroid dienone is 1. The maximum Gasteiger partial charge on any atom is 0.331 e. The van der Waals surface area contributed by atoms with Gasteiger partial charge in [0.2, 0.25) is 0 Å². The van der Waals surface area contributed by atoms with Crippen LogP contribution >= 0.6 is 7.14 Å². The predicted molar refractivity (Wildman–Crippen MR) is 45.5 cm³/mol. The Morgan fingerprint density at radius 1 is 1.27 bits per heavy atom. The average molecular weight is 176 g/mol. The summed E-state index contributed by atoms with van der Waals surface area (Å²) in [5.74, 6) is -0.994. The van der Waals surface area contributed by atoms with Crippen molar-refractivity contribution in [3.05, 3.63) is 10.9 Å². The molecule has 0 atom stereocenters. The number of carbonyl (C=O) groups is 1. The van der Waals surface area contributed by atoms with Crippen LogP contribution in [-0.2, 0) is 9.36 Å². The van der Waals surface area contributed by atoms with Gasteiger partial charge in [-0.15, -0.1) is 0 Å². The molecule has 0 unspecified atom stereocenters. The lowest BCUT2D eigenvalue weighted by molar-refractivity contribution is -0.132. The molecule has 11 heavy (non-hydrogen) atoms. The molecule has 0 aromatic rings. The van der Waals surface area contributed by atoms with Crippen LogP contribution in [0.4, 0.5) is 0 Å². The van der Waals surface area contributed by atoms with Crippen LogP contribution in [0.1, 0.15) is 13.8 Å². The van der Waals surface area contributed by atoms with Crippen molar-refractivity contribution in [2.24, 2.45) is 0 Å². The second kappa shape index (κ2) is 3.22. The topological polar surface area (TPSA) is 54.4 Å². The highest BCUT2D eigenvalue weighted by Gasteiger charge is 2.15. The van der Waals surface area contributed by atoms with Crippen molar-refractivity contribution in [3.63, 3.8) is 0 Å². The van der Waals surface area contributed by atoms with E-state index in [1.807, 2.05) is 0 Å². The Morgan fingerprint density at radius 2 is 1.64 bits per heavy atom. The van der Waals surface area contributed by atoms with Gasteiger partial charge in [0.25, 0.3) is 0 Å². The van der Waals surface area contributed by atoms with E-state index in [9.17, 15) is 9.36 Å². The third-order valence-corrected chi connectivity index (χ3v) is 3.62. The lowest BCUT2D eigenvalue weighted by Gasteiger charge is -2.08. The van der Waals surface area contributed by atoms with Crippen LogP contribution in [0.2, 0.25) is 0 Å². The van der Waals surface area contributed by atoms with E-state index in [1.54, 1.807) is 20.3 Å². The molecule has 0 saturated carbocycles. The molecule has 0 fully saturated rings. The molecule has 0 bridgehead atoms. The second-order valence-electron chi connectivity index (χ2n) is 2.87. The van der Waals surface area contributed by atoms with Gasteiger partial charge in [-0.3, -0.25) is 0 Å². The summed E-state index contributed by atoms with van der Waals surface area (Å²) >= 11 is 0. The third-order valence-electron chi connectivity index (χ3n) is 1.67. The summed E-state index contributed by atoms with van der Waals surface area (Å²) in [7, 11) is -2.37. The van der Waals surface area contributed by atoms with Gasteiger partial charge < -0.3 is 9.67 Å². The SMILES string of the molecule is CC(C(=O)O)=C(C)P(C)(C)=O. The molecule has 0 heterocycles. The van der Waals surface area contributed by atoms with Crippen LogP contribution in [-0.4, -0.2) is 24.4 Å². The summed E-state index contributed by atoms with van der Waals surface area (Å²) < 4.78 is 11.3. The number of aliphatic carboxylic acids is 1. The Labute approximate surface area is 66.5 Å². The Morgan fingerprint density at radius 3 is 1.73 bits per heavy atom. The fourth-order valence-electron chi connectivity index (χ4n) is 0.559. The molecule has 3 nitrogen and oxygen atoms in total. The normalized spacial score (nSPS) is 14.2. The summed E-state index contributed by atoms with van der Waals surface area (Å²) in [6.07, 6.45) is 0. The van der Waals surface area contributed by atoms with Crippen LogP contribution in [0, 0.1) is 0 Å². The van der Waals surface area contributed by atoms with E-state index in [4.69, 9.17) is 5.11 Å². The Balaban J connectivity index is 4.99. The highest BCUT2D eigenvalue weighted by atomic mass is 31.2. The predicted octanol–water partition coefficient (Wildman–Crippen LogP) is 1.99. The molecule has 4 heteroatoms. The molecule has 0 rings (SSSR count). The first-order valence-corrected chi connectivity index (χ1v) is 5.83. The van der Waals surface area contributed by atoms with Crippen LogP contribution < -0.4 is 0 Å². The zero-order chi connectivity index (χ0) is 9.23. The molecular weight excluding hydrogens is 163 g/mol. The van der Waals surface area contributed by atoms with Gasteiger partial charge in [0.15, 0.2) is 0 Å². The first-order chi connectivity index (χ1) is 4.76. The molecule has 1 N–H and O–H groups in total. The zero-order valence-electron chi connectivity index (χ0n) is 7.21. The van der Waals surface area contributed by atoms with E-state index in [2.05, 4.69) is 0 Å². The van der Waals surface area contributed by atoms with Crippen molar-refractivity contribution >= 4 is 13.1 Å². The maximum absolute atomic E-state index is 11.3. The lowest BCUT2D eigenvalue weighted by Crippen LogP contribution is -1.99. The summed E-state index contributed by atoms with van der Waals surface area (Å²) in [5.41, 5.74) is 0.193. The summed E-state index contributed by atoms with van der Waals surface area (Å²) in [4.78, 5) is 10.4. The van der Waals surface area contributed by atoms with Crippen LogP contribution in [0.15, 0.2) is 10.9 Å². The minimum atomic E-state index is -2.37. The lowest BCUT2D eigenvalue weighted by atomic mass is 10.3. The first kappa shape index (κ1) is 10.4. The van der Waals surface area contributed by atoms with E-state index in [1.165, 1.54) is 6.92 Å². The average Bonchev–Trinajstić information content (AvgIpc) is 1.82.